The predicted octanol–water partition coefficient (Wildman–Crippen LogP) is 3.06. The Bertz CT molecular complexity index is 796. The van der Waals surface area contributed by atoms with Crippen molar-refractivity contribution in [3.63, 3.8) is 0 Å². The van der Waals surface area contributed by atoms with Crippen LogP contribution < -0.4 is 9.47 Å². The Kier molecular flexibility index (Phi) is 5.92. The summed E-state index contributed by atoms with van der Waals surface area (Å²) >= 11 is 5.82. The molecule has 1 saturated heterocycles. The van der Waals surface area contributed by atoms with Crippen LogP contribution in [0.15, 0.2) is 42.6 Å². The molecule has 0 aliphatic carbocycles. The van der Waals surface area contributed by atoms with Crippen molar-refractivity contribution in [2.75, 3.05) is 19.7 Å². The van der Waals surface area contributed by atoms with Gasteiger partial charge in [0.2, 0.25) is 5.88 Å². The summed E-state index contributed by atoms with van der Waals surface area (Å²) < 4.78 is 11.3. The van der Waals surface area contributed by atoms with Gasteiger partial charge in [-0.05, 0) is 36.4 Å². The SMILES string of the molecule is N#Cc1cccnc1OC1CCN(C(=O)COc2ccc(Cl)cc2)CC1. The molecule has 0 radical (unpaired) electrons. The number of carbonyl (C=O) groups excluding carboxylic acids is 1. The highest BCUT2D eigenvalue weighted by atomic mass is 35.5. The van der Waals surface area contributed by atoms with Crippen molar-refractivity contribution in [1.29, 1.82) is 5.26 Å². The summed E-state index contributed by atoms with van der Waals surface area (Å²) in [6.07, 6.45) is 2.92. The fourth-order valence-electron chi connectivity index (χ4n) is 2.72. The number of nitriles is 1. The highest BCUT2D eigenvalue weighted by Gasteiger charge is 2.25. The minimum atomic E-state index is -0.0612. The third kappa shape index (κ3) is 4.64. The number of amides is 1. The van der Waals surface area contributed by atoms with Crippen molar-refractivity contribution in [1.82, 2.24) is 9.88 Å². The van der Waals surface area contributed by atoms with E-state index in [-0.39, 0.29) is 18.6 Å². The molecule has 6 nitrogen and oxygen atoms in total. The summed E-state index contributed by atoms with van der Waals surface area (Å²) in [6, 6.07) is 12.4. The maximum Gasteiger partial charge on any atom is 0.260 e. The van der Waals surface area contributed by atoms with Crippen molar-refractivity contribution in [2.45, 2.75) is 18.9 Å². The molecular weight excluding hydrogens is 354 g/mol. The quantitative estimate of drug-likeness (QED) is 0.807. The molecule has 0 N–H and O–H groups in total. The Hall–Kier alpha value is -2.78. The van der Waals surface area contributed by atoms with Gasteiger partial charge in [-0.15, -0.1) is 0 Å². The molecule has 1 aliphatic rings. The molecule has 0 saturated carbocycles. The van der Waals surface area contributed by atoms with E-state index in [0.717, 1.165) is 0 Å². The first kappa shape index (κ1) is 18.0. The molecule has 1 fully saturated rings. The van der Waals surface area contributed by atoms with Crippen molar-refractivity contribution in [3.8, 4) is 17.7 Å². The molecule has 26 heavy (non-hydrogen) atoms. The predicted molar refractivity (Wildman–Crippen MR) is 96.1 cm³/mol. The van der Waals surface area contributed by atoms with Crippen LogP contribution in [0.3, 0.4) is 0 Å². The average Bonchev–Trinajstić information content (AvgIpc) is 2.68. The summed E-state index contributed by atoms with van der Waals surface area (Å²) in [5, 5.41) is 9.71. The van der Waals surface area contributed by atoms with Gasteiger partial charge in [0, 0.05) is 37.2 Å². The molecular formula is C19H18ClN3O3. The number of carbonyl (C=O) groups is 1. The Labute approximate surface area is 156 Å². The summed E-state index contributed by atoms with van der Waals surface area (Å²) in [7, 11) is 0. The number of pyridine rings is 1. The molecule has 1 aromatic carbocycles. The molecule has 0 atom stereocenters. The molecule has 3 rings (SSSR count). The van der Waals surface area contributed by atoms with Gasteiger partial charge >= 0.3 is 0 Å². The van der Waals surface area contributed by atoms with Crippen molar-refractivity contribution >= 4 is 17.5 Å². The third-order valence-electron chi connectivity index (χ3n) is 4.14. The number of hydrogen-bond acceptors (Lipinski definition) is 5. The van der Waals surface area contributed by atoms with Crippen LogP contribution >= 0.6 is 11.6 Å². The highest BCUT2D eigenvalue weighted by Crippen LogP contribution is 2.20. The summed E-state index contributed by atoms with van der Waals surface area (Å²) in [6.45, 7) is 1.16. The molecule has 1 amide bonds. The van der Waals surface area contributed by atoms with Crippen LogP contribution in [0.2, 0.25) is 5.02 Å². The Morgan fingerprint density at radius 2 is 2.00 bits per heavy atom. The van der Waals surface area contributed by atoms with Crippen LogP contribution in [-0.2, 0) is 4.79 Å². The number of benzene rings is 1. The maximum atomic E-state index is 12.3. The first-order chi connectivity index (χ1) is 12.7. The summed E-state index contributed by atoms with van der Waals surface area (Å²) in [5.74, 6) is 0.903. The van der Waals surface area contributed by atoms with Crippen molar-refractivity contribution in [3.05, 3.63) is 53.2 Å². The number of piperidine rings is 1. The molecule has 0 unspecified atom stereocenters. The summed E-state index contributed by atoms with van der Waals surface area (Å²) in [4.78, 5) is 18.2. The van der Waals surface area contributed by atoms with Crippen LogP contribution in [-0.4, -0.2) is 41.6 Å². The molecule has 7 heteroatoms. The van der Waals surface area contributed by atoms with Crippen molar-refractivity contribution < 1.29 is 14.3 Å². The lowest BCUT2D eigenvalue weighted by atomic mass is 10.1. The smallest absolute Gasteiger partial charge is 0.260 e. The van der Waals surface area contributed by atoms with Gasteiger partial charge < -0.3 is 14.4 Å². The van der Waals surface area contributed by atoms with Gasteiger partial charge in [0.25, 0.3) is 5.91 Å². The second kappa shape index (κ2) is 8.54. The minimum Gasteiger partial charge on any atom is -0.484 e. The van der Waals surface area contributed by atoms with E-state index in [1.807, 2.05) is 0 Å². The van der Waals surface area contributed by atoms with Gasteiger partial charge in [-0.3, -0.25) is 4.79 Å². The Morgan fingerprint density at radius 3 is 2.69 bits per heavy atom. The number of ether oxygens (including phenoxy) is 2. The van der Waals surface area contributed by atoms with Crippen LogP contribution in [0.4, 0.5) is 0 Å². The molecule has 2 aromatic rings. The zero-order chi connectivity index (χ0) is 18.4. The van der Waals surface area contributed by atoms with Crippen molar-refractivity contribution in [2.24, 2.45) is 0 Å². The van der Waals surface area contributed by atoms with Crippen LogP contribution in [0.5, 0.6) is 11.6 Å². The first-order valence-corrected chi connectivity index (χ1v) is 8.71. The van der Waals surface area contributed by atoms with Gasteiger partial charge in [0.1, 0.15) is 23.5 Å². The zero-order valence-electron chi connectivity index (χ0n) is 14.1. The monoisotopic (exact) mass is 371 g/mol. The lowest BCUT2D eigenvalue weighted by Gasteiger charge is -2.32. The molecule has 0 bridgehead atoms. The molecule has 1 aromatic heterocycles. The first-order valence-electron chi connectivity index (χ1n) is 8.33. The van der Waals surface area contributed by atoms with Gasteiger partial charge in [-0.1, -0.05) is 11.6 Å². The number of nitrogens with zero attached hydrogens (tertiary/aromatic N) is 3. The van der Waals surface area contributed by atoms with Crippen LogP contribution in [0.25, 0.3) is 0 Å². The molecule has 134 valence electrons. The number of rotatable bonds is 5. The second-order valence-corrected chi connectivity index (χ2v) is 6.34. The minimum absolute atomic E-state index is 0.00796. The van der Waals surface area contributed by atoms with E-state index in [4.69, 9.17) is 26.3 Å². The molecule has 2 heterocycles. The van der Waals surface area contributed by atoms with E-state index in [0.29, 0.717) is 48.1 Å². The van der Waals surface area contributed by atoms with E-state index in [1.54, 1.807) is 47.5 Å². The van der Waals surface area contributed by atoms with Gasteiger partial charge in [0.15, 0.2) is 6.61 Å². The third-order valence-corrected chi connectivity index (χ3v) is 4.39. The summed E-state index contributed by atoms with van der Waals surface area (Å²) in [5.41, 5.74) is 0.419. The fourth-order valence-corrected chi connectivity index (χ4v) is 2.84. The van der Waals surface area contributed by atoms with E-state index in [1.165, 1.54) is 0 Å². The van der Waals surface area contributed by atoms with Gasteiger partial charge in [0.05, 0.1) is 0 Å². The lowest BCUT2D eigenvalue weighted by molar-refractivity contribution is -0.135. The van der Waals surface area contributed by atoms with Gasteiger partial charge in [-0.25, -0.2) is 4.98 Å². The number of halogens is 1. The Balaban J connectivity index is 1.46. The number of hydrogen-bond donors (Lipinski definition) is 0. The van der Waals surface area contributed by atoms with Crippen LogP contribution in [0.1, 0.15) is 18.4 Å². The zero-order valence-corrected chi connectivity index (χ0v) is 14.9. The topological polar surface area (TPSA) is 75.5 Å². The lowest BCUT2D eigenvalue weighted by Crippen LogP contribution is -2.43. The molecule has 0 spiro atoms. The van der Waals surface area contributed by atoms with E-state index >= 15 is 0 Å². The molecule has 1 aliphatic heterocycles. The van der Waals surface area contributed by atoms with E-state index in [2.05, 4.69) is 11.1 Å². The van der Waals surface area contributed by atoms with E-state index < -0.39 is 0 Å². The van der Waals surface area contributed by atoms with Crippen LogP contribution in [0, 0.1) is 11.3 Å². The number of likely N-dealkylation sites (tertiary alicyclic amines) is 1. The maximum absolute atomic E-state index is 12.3. The van der Waals surface area contributed by atoms with E-state index in [9.17, 15) is 4.79 Å². The number of aromatic nitrogens is 1. The largest absolute Gasteiger partial charge is 0.484 e. The standard InChI is InChI=1S/C19H18ClN3O3/c20-15-3-5-16(6-4-15)25-13-18(24)23-10-7-17(8-11-23)26-19-14(12-21)2-1-9-22-19/h1-6,9,17H,7-8,10-11,13H2. The van der Waals surface area contributed by atoms with Gasteiger partial charge in [-0.2, -0.15) is 5.26 Å². The second-order valence-electron chi connectivity index (χ2n) is 5.91. The normalized spacial score (nSPS) is 14.5. The highest BCUT2D eigenvalue weighted by molar-refractivity contribution is 6.30. The average molecular weight is 372 g/mol. The Morgan fingerprint density at radius 1 is 1.27 bits per heavy atom. The fraction of sp³-hybridized carbons (Fsp3) is 0.316.